The van der Waals surface area contributed by atoms with Crippen LogP contribution >= 0.6 is 0 Å². The topological polar surface area (TPSA) is 81.5 Å². The fourth-order valence-corrected chi connectivity index (χ4v) is 2.12. The fourth-order valence-electron chi connectivity index (χ4n) is 2.12. The average molecular weight is 282 g/mol. The van der Waals surface area contributed by atoms with Gasteiger partial charge in [0.1, 0.15) is 0 Å². The molecular weight excluding hydrogens is 267 g/mol. The monoisotopic (exact) mass is 282 g/mol. The Balaban J connectivity index is 1.88. The highest BCUT2D eigenvalue weighted by atomic mass is 19.1. The van der Waals surface area contributed by atoms with E-state index >= 15 is 0 Å². The van der Waals surface area contributed by atoms with Crippen LogP contribution in [0.4, 0.5) is 10.1 Å². The Labute approximate surface area is 115 Å². The lowest BCUT2D eigenvalue weighted by Crippen LogP contribution is -2.27. The summed E-state index contributed by atoms with van der Waals surface area (Å²) in [4.78, 5) is 21.4. The molecule has 1 amide bonds. The minimum atomic E-state index is -1.01. The first-order valence-electron chi connectivity index (χ1n) is 6.41. The molecule has 1 fully saturated rings. The van der Waals surface area contributed by atoms with Crippen molar-refractivity contribution in [2.24, 2.45) is 0 Å². The van der Waals surface area contributed by atoms with Gasteiger partial charge in [0, 0.05) is 24.8 Å². The van der Waals surface area contributed by atoms with E-state index in [0.29, 0.717) is 13.0 Å². The molecule has 1 atom stereocenters. The van der Waals surface area contributed by atoms with E-state index in [0.717, 1.165) is 31.6 Å². The molecule has 1 heterocycles. The molecule has 6 nitrogen and oxygen atoms in total. The van der Waals surface area contributed by atoms with Crippen molar-refractivity contribution >= 4 is 11.6 Å². The quantitative estimate of drug-likeness (QED) is 0.661. The highest BCUT2D eigenvalue weighted by Gasteiger charge is 2.18. The maximum Gasteiger partial charge on any atom is 0.304 e. The lowest BCUT2D eigenvalue weighted by Gasteiger charge is -2.10. The first-order chi connectivity index (χ1) is 9.58. The Kier molecular flexibility index (Phi) is 4.62. The van der Waals surface area contributed by atoms with Gasteiger partial charge in [-0.25, -0.2) is 0 Å². The lowest BCUT2D eigenvalue weighted by molar-refractivity contribution is -0.387. The SMILES string of the molecule is O=C(NCCC1CCCO1)c1ccc([N+](=O)[O-])c(F)c1. The van der Waals surface area contributed by atoms with Crippen LogP contribution in [0.25, 0.3) is 0 Å². The molecule has 0 aromatic heterocycles. The van der Waals surface area contributed by atoms with Crippen molar-refractivity contribution in [1.82, 2.24) is 5.32 Å². The molecule has 0 spiro atoms. The summed E-state index contributed by atoms with van der Waals surface area (Å²) in [6.07, 6.45) is 2.90. The van der Waals surface area contributed by atoms with Crippen molar-refractivity contribution in [3.8, 4) is 0 Å². The number of carbonyl (C=O) groups is 1. The zero-order chi connectivity index (χ0) is 14.5. The van der Waals surface area contributed by atoms with Crippen molar-refractivity contribution < 1.29 is 18.8 Å². The number of benzene rings is 1. The second-order valence-electron chi connectivity index (χ2n) is 4.60. The zero-order valence-electron chi connectivity index (χ0n) is 10.8. The lowest BCUT2D eigenvalue weighted by atomic mass is 10.1. The molecule has 0 bridgehead atoms. The van der Waals surface area contributed by atoms with Crippen molar-refractivity contribution in [2.75, 3.05) is 13.2 Å². The smallest absolute Gasteiger partial charge is 0.304 e. The Morgan fingerprint density at radius 2 is 2.35 bits per heavy atom. The van der Waals surface area contributed by atoms with Gasteiger partial charge in [-0.1, -0.05) is 0 Å². The Hall–Kier alpha value is -2.02. The Morgan fingerprint density at radius 1 is 1.55 bits per heavy atom. The van der Waals surface area contributed by atoms with E-state index in [-0.39, 0.29) is 11.7 Å². The number of amides is 1. The highest BCUT2D eigenvalue weighted by Crippen LogP contribution is 2.18. The number of hydrogen-bond acceptors (Lipinski definition) is 4. The molecule has 0 radical (unpaired) electrons. The largest absolute Gasteiger partial charge is 0.378 e. The van der Waals surface area contributed by atoms with Gasteiger partial charge in [0.05, 0.1) is 11.0 Å². The molecule has 1 saturated heterocycles. The predicted octanol–water partition coefficient (Wildman–Crippen LogP) is 2.03. The second-order valence-corrected chi connectivity index (χ2v) is 4.60. The molecule has 1 unspecified atom stereocenters. The molecule has 0 saturated carbocycles. The van der Waals surface area contributed by atoms with Crippen LogP contribution in [-0.4, -0.2) is 30.1 Å². The number of carbonyl (C=O) groups excluding carboxylic acids is 1. The summed E-state index contributed by atoms with van der Waals surface area (Å²) in [6.45, 7) is 1.19. The van der Waals surface area contributed by atoms with Gasteiger partial charge >= 0.3 is 5.69 Å². The van der Waals surface area contributed by atoms with Crippen molar-refractivity contribution in [1.29, 1.82) is 0 Å². The molecular formula is C13H15FN2O4. The number of nitro groups is 1. The summed E-state index contributed by atoms with van der Waals surface area (Å²) in [6, 6.07) is 3.10. The van der Waals surface area contributed by atoms with Gasteiger partial charge in [0.15, 0.2) is 0 Å². The van der Waals surface area contributed by atoms with E-state index in [1.165, 1.54) is 6.07 Å². The molecule has 0 aliphatic carbocycles. The summed E-state index contributed by atoms with van der Waals surface area (Å²) in [5, 5.41) is 13.1. The highest BCUT2D eigenvalue weighted by molar-refractivity contribution is 5.94. The molecule has 2 rings (SSSR count). The third-order valence-corrected chi connectivity index (χ3v) is 3.18. The van der Waals surface area contributed by atoms with E-state index in [1.54, 1.807) is 0 Å². The number of rotatable bonds is 5. The number of nitrogens with one attached hydrogen (secondary N) is 1. The summed E-state index contributed by atoms with van der Waals surface area (Å²) < 4.78 is 18.8. The number of halogens is 1. The summed E-state index contributed by atoms with van der Waals surface area (Å²) >= 11 is 0. The van der Waals surface area contributed by atoms with Crippen LogP contribution in [0.2, 0.25) is 0 Å². The van der Waals surface area contributed by atoms with E-state index < -0.39 is 22.3 Å². The molecule has 7 heteroatoms. The third-order valence-electron chi connectivity index (χ3n) is 3.18. The van der Waals surface area contributed by atoms with Gasteiger partial charge in [-0.2, -0.15) is 4.39 Å². The van der Waals surface area contributed by atoms with E-state index in [2.05, 4.69) is 5.32 Å². The van der Waals surface area contributed by atoms with Gasteiger partial charge in [0.25, 0.3) is 5.91 Å². The van der Waals surface area contributed by atoms with Gasteiger partial charge in [-0.3, -0.25) is 14.9 Å². The molecule has 1 aliphatic heterocycles. The Morgan fingerprint density at radius 3 is 2.95 bits per heavy atom. The summed E-state index contributed by atoms with van der Waals surface area (Å²) in [7, 11) is 0. The van der Waals surface area contributed by atoms with Crippen LogP contribution in [0.3, 0.4) is 0 Å². The van der Waals surface area contributed by atoms with Gasteiger partial charge < -0.3 is 10.1 Å². The predicted molar refractivity (Wildman–Crippen MR) is 69.0 cm³/mol. The van der Waals surface area contributed by atoms with Gasteiger partial charge in [-0.05, 0) is 31.4 Å². The second kappa shape index (κ2) is 6.42. The van der Waals surface area contributed by atoms with E-state index in [9.17, 15) is 19.3 Å². The summed E-state index contributed by atoms with van der Waals surface area (Å²) in [5.74, 6) is -1.46. The van der Waals surface area contributed by atoms with Crippen LogP contribution in [-0.2, 0) is 4.74 Å². The van der Waals surface area contributed by atoms with Crippen molar-refractivity contribution in [3.63, 3.8) is 0 Å². The van der Waals surface area contributed by atoms with Crippen LogP contribution in [0, 0.1) is 15.9 Å². The van der Waals surface area contributed by atoms with Crippen LogP contribution in [0.5, 0.6) is 0 Å². The van der Waals surface area contributed by atoms with Crippen LogP contribution in [0.15, 0.2) is 18.2 Å². The number of nitro benzene ring substituents is 1. The van der Waals surface area contributed by atoms with Crippen molar-refractivity contribution in [3.05, 3.63) is 39.7 Å². The first kappa shape index (κ1) is 14.4. The maximum atomic E-state index is 13.4. The minimum absolute atomic E-state index is 0.0699. The van der Waals surface area contributed by atoms with E-state index in [4.69, 9.17) is 4.74 Å². The zero-order valence-corrected chi connectivity index (χ0v) is 10.8. The molecule has 1 N–H and O–H groups in total. The van der Waals surface area contributed by atoms with Gasteiger partial charge in [0.2, 0.25) is 5.82 Å². The molecule has 20 heavy (non-hydrogen) atoms. The fraction of sp³-hybridized carbons (Fsp3) is 0.462. The van der Waals surface area contributed by atoms with Crippen LogP contribution in [0.1, 0.15) is 29.6 Å². The Bertz CT molecular complexity index is 515. The number of hydrogen-bond donors (Lipinski definition) is 1. The van der Waals surface area contributed by atoms with Crippen molar-refractivity contribution in [2.45, 2.75) is 25.4 Å². The molecule has 1 aromatic rings. The van der Waals surface area contributed by atoms with E-state index in [1.807, 2.05) is 0 Å². The molecule has 1 aromatic carbocycles. The van der Waals surface area contributed by atoms with Gasteiger partial charge in [-0.15, -0.1) is 0 Å². The van der Waals surface area contributed by atoms with Crippen LogP contribution < -0.4 is 5.32 Å². The first-order valence-corrected chi connectivity index (χ1v) is 6.41. The third kappa shape index (κ3) is 3.51. The number of ether oxygens (including phenoxy) is 1. The molecule has 1 aliphatic rings. The average Bonchev–Trinajstić information content (AvgIpc) is 2.91. The minimum Gasteiger partial charge on any atom is -0.378 e. The number of nitrogens with zero attached hydrogens (tertiary/aromatic N) is 1. The maximum absolute atomic E-state index is 13.4. The standard InChI is InChI=1S/C13H15FN2O4/c14-11-8-9(3-4-12(11)16(18)19)13(17)15-6-5-10-2-1-7-20-10/h3-4,8,10H,1-2,5-7H2,(H,15,17). The summed E-state index contributed by atoms with van der Waals surface area (Å²) in [5.41, 5.74) is -0.568. The molecule has 108 valence electrons. The normalized spacial score (nSPS) is 17.9.